The largest absolute Gasteiger partial charge is 0.353 e. The molecule has 1 aromatic carbocycles. The molecule has 2 aliphatic rings. The Morgan fingerprint density at radius 3 is 2.69 bits per heavy atom. The standard InChI is InChI=1S/C22H28N4O3/c27-20-13-23-26(19-11-5-4-10-18(19)20)15-21(28)25-12-6-7-16(14-25)22(29)24-17-8-2-1-3-9-17/h4-5,10-11,13,16-17H,1-3,6-9,12,14-15H2,(H,24,29). The Morgan fingerprint density at radius 2 is 1.86 bits per heavy atom. The summed E-state index contributed by atoms with van der Waals surface area (Å²) in [4.78, 5) is 39.4. The average molecular weight is 396 g/mol. The molecule has 1 aromatic heterocycles. The molecule has 29 heavy (non-hydrogen) atoms. The third kappa shape index (κ3) is 4.49. The number of nitrogens with zero attached hydrogens (tertiary/aromatic N) is 3. The summed E-state index contributed by atoms with van der Waals surface area (Å²) in [5.41, 5.74) is 0.499. The lowest BCUT2D eigenvalue weighted by molar-refractivity contribution is -0.136. The second kappa shape index (κ2) is 8.76. The number of carbonyl (C=O) groups excluding carboxylic acids is 2. The van der Waals surface area contributed by atoms with Crippen LogP contribution in [0.5, 0.6) is 0 Å². The van der Waals surface area contributed by atoms with Gasteiger partial charge in [0.15, 0.2) is 0 Å². The Kier molecular flexibility index (Phi) is 5.92. The molecular formula is C22H28N4O3. The fraction of sp³-hybridized carbons (Fsp3) is 0.545. The highest BCUT2D eigenvalue weighted by atomic mass is 16.2. The molecule has 1 saturated carbocycles. The molecule has 7 nitrogen and oxygen atoms in total. The SMILES string of the molecule is O=C(NC1CCCCC1)C1CCCN(C(=O)Cn2ncc(=O)c3ccccc32)C1. The number of para-hydroxylation sites is 1. The zero-order valence-electron chi connectivity index (χ0n) is 16.7. The summed E-state index contributed by atoms with van der Waals surface area (Å²) in [5.74, 6) is -0.129. The lowest BCUT2D eigenvalue weighted by Crippen LogP contribution is -2.48. The molecule has 2 aromatic rings. The highest BCUT2D eigenvalue weighted by Gasteiger charge is 2.30. The van der Waals surface area contributed by atoms with Crippen LogP contribution in [0.4, 0.5) is 0 Å². The van der Waals surface area contributed by atoms with Crippen molar-refractivity contribution in [1.29, 1.82) is 0 Å². The van der Waals surface area contributed by atoms with Crippen LogP contribution in [0.25, 0.3) is 10.9 Å². The zero-order chi connectivity index (χ0) is 20.2. The van der Waals surface area contributed by atoms with E-state index in [0.717, 1.165) is 25.7 Å². The van der Waals surface area contributed by atoms with Crippen molar-refractivity contribution >= 4 is 22.7 Å². The molecule has 0 bridgehead atoms. The Bertz CT molecular complexity index is 948. The van der Waals surface area contributed by atoms with Crippen LogP contribution in [0.15, 0.2) is 35.3 Å². The van der Waals surface area contributed by atoms with Crippen molar-refractivity contribution in [2.45, 2.75) is 57.5 Å². The van der Waals surface area contributed by atoms with Crippen LogP contribution in [0.3, 0.4) is 0 Å². The van der Waals surface area contributed by atoms with Crippen LogP contribution < -0.4 is 10.7 Å². The summed E-state index contributed by atoms with van der Waals surface area (Å²) in [6, 6.07) is 7.46. The first kappa shape index (κ1) is 19.6. The first-order valence-corrected chi connectivity index (χ1v) is 10.6. The van der Waals surface area contributed by atoms with Gasteiger partial charge in [-0.1, -0.05) is 31.4 Å². The van der Waals surface area contributed by atoms with Crippen LogP contribution >= 0.6 is 0 Å². The van der Waals surface area contributed by atoms with Gasteiger partial charge in [-0.15, -0.1) is 0 Å². The molecule has 154 valence electrons. The van der Waals surface area contributed by atoms with Gasteiger partial charge in [0.25, 0.3) is 0 Å². The predicted octanol–water partition coefficient (Wildman–Crippen LogP) is 2.08. The van der Waals surface area contributed by atoms with Gasteiger partial charge in [0, 0.05) is 24.5 Å². The van der Waals surface area contributed by atoms with E-state index in [-0.39, 0.29) is 29.7 Å². The minimum atomic E-state index is -0.151. The summed E-state index contributed by atoms with van der Waals surface area (Å²) in [5, 5.41) is 7.90. The maximum absolute atomic E-state index is 12.9. The lowest BCUT2D eigenvalue weighted by atomic mass is 9.93. The molecule has 2 fully saturated rings. The molecule has 2 amide bonds. The van der Waals surface area contributed by atoms with Gasteiger partial charge in [0.2, 0.25) is 17.2 Å². The molecular weight excluding hydrogens is 368 g/mol. The third-order valence-electron chi connectivity index (χ3n) is 6.14. The summed E-state index contributed by atoms with van der Waals surface area (Å²) < 4.78 is 1.57. The van der Waals surface area contributed by atoms with Crippen molar-refractivity contribution in [3.8, 4) is 0 Å². The van der Waals surface area contributed by atoms with Gasteiger partial charge in [0.05, 0.1) is 17.6 Å². The number of rotatable bonds is 4. The minimum Gasteiger partial charge on any atom is -0.353 e. The van der Waals surface area contributed by atoms with Crippen LogP contribution in [0.2, 0.25) is 0 Å². The molecule has 1 unspecified atom stereocenters. The third-order valence-corrected chi connectivity index (χ3v) is 6.14. The number of fused-ring (bicyclic) bond motifs is 1. The maximum atomic E-state index is 12.9. The first-order valence-electron chi connectivity index (χ1n) is 10.6. The highest BCUT2D eigenvalue weighted by Crippen LogP contribution is 2.21. The topological polar surface area (TPSA) is 84.3 Å². The molecule has 7 heteroatoms. The first-order chi connectivity index (χ1) is 14.1. The van der Waals surface area contributed by atoms with Gasteiger partial charge in [-0.2, -0.15) is 5.10 Å². The van der Waals surface area contributed by atoms with E-state index in [0.29, 0.717) is 30.0 Å². The van der Waals surface area contributed by atoms with Gasteiger partial charge < -0.3 is 10.2 Å². The number of nitrogens with one attached hydrogen (secondary N) is 1. The molecule has 1 atom stereocenters. The number of amides is 2. The number of carbonyl (C=O) groups is 2. The second-order valence-corrected chi connectivity index (χ2v) is 8.21. The van der Waals surface area contributed by atoms with E-state index in [1.165, 1.54) is 25.5 Å². The molecule has 1 saturated heterocycles. The van der Waals surface area contributed by atoms with Crippen molar-refractivity contribution in [2.24, 2.45) is 5.92 Å². The van der Waals surface area contributed by atoms with Crippen LogP contribution in [-0.2, 0) is 16.1 Å². The Hall–Kier alpha value is -2.70. The summed E-state index contributed by atoms with van der Waals surface area (Å²) in [6.45, 7) is 1.18. The van der Waals surface area contributed by atoms with Crippen LogP contribution in [0.1, 0.15) is 44.9 Å². The van der Waals surface area contributed by atoms with Crippen molar-refractivity contribution in [3.63, 3.8) is 0 Å². The van der Waals surface area contributed by atoms with E-state index >= 15 is 0 Å². The summed E-state index contributed by atoms with van der Waals surface area (Å²) in [6.07, 6.45) is 8.64. The zero-order valence-corrected chi connectivity index (χ0v) is 16.7. The van der Waals surface area contributed by atoms with E-state index in [9.17, 15) is 14.4 Å². The van der Waals surface area contributed by atoms with E-state index in [1.807, 2.05) is 6.07 Å². The summed E-state index contributed by atoms with van der Waals surface area (Å²) in [7, 11) is 0. The molecule has 1 aliphatic heterocycles. The van der Waals surface area contributed by atoms with Gasteiger partial charge in [-0.05, 0) is 37.8 Å². The maximum Gasteiger partial charge on any atom is 0.244 e. The molecule has 4 rings (SSSR count). The molecule has 2 heterocycles. The number of hydrogen-bond acceptors (Lipinski definition) is 4. The normalized spacial score (nSPS) is 20.6. The van der Waals surface area contributed by atoms with Gasteiger partial charge in [-0.25, -0.2) is 0 Å². The van der Waals surface area contributed by atoms with E-state index in [2.05, 4.69) is 10.4 Å². The fourth-order valence-electron chi connectivity index (χ4n) is 4.50. The minimum absolute atomic E-state index is 0.0672. The van der Waals surface area contributed by atoms with E-state index < -0.39 is 0 Å². The van der Waals surface area contributed by atoms with Gasteiger partial charge in [-0.3, -0.25) is 19.1 Å². The Labute approximate surface area is 170 Å². The monoisotopic (exact) mass is 396 g/mol. The van der Waals surface area contributed by atoms with Gasteiger partial charge >= 0.3 is 0 Å². The Balaban J connectivity index is 1.41. The highest BCUT2D eigenvalue weighted by molar-refractivity contribution is 5.83. The fourth-order valence-corrected chi connectivity index (χ4v) is 4.50. The number of benzene rings is 1. The molecule has 0 radical (unpaired) electrons. The second-order valence-electron chi connectivity index (χ2n) is 8.21. The number of likely N-dealkylation sites (tertiary alicyclic amines) is 1. The Morgan fingerprint density at radius 1 is 1.07 bits per heavy atom. The van der Waals surface area contributed by atoms with Crippen molar-refractivity contribution in [2.75, 3.05) is 13.1 Å². The smallest absolute Gasteiger partial charge is 0.244 e. The van der Waals surface area contributed by atoms with Crippen LogP contribution in [0, 0.1) is 5.92 Å². The number of aromatic nitrogens is 2. The molecule has 1 aliphatic carbocycles. The van der Waals surface area contributed by atoms with Crippen molar-refractivity contribution in [1.82, 2.24) is 20.0 Å². The van der Waals surface area contributed by atoms with Crippen LogP contribution in [-0.4, -0.2) is 45.6 Å². The van der Waals surface area contributed by atoms with E-state index in [4.69, 9.17) is 0 Å². The van der Waals surface area contributed by atoms with Crippen molar-refractivity contribution < 1.29 is 9.59 Å². The number of piperidine rings is 1. The predicted molar refractivity (Wildman–Crippen MR) is 110 cm³/mol. The van der Waals surface area contributed by atoms with Crippen molar-refractivity contribution in [3.05, 3.63) is 40.7 Å². The number of hydrogen-bond donors (Lipinski definition) is 1. The molecule has 0 spiro atoms. The van der Waals surface area contributed by atoms with E-state index in [1.54, 1.807) is 27.8 Å². The summed E-state index contributed by atoms with van der Waals surface area (Å²) >= 11 is 0. The molecule has 1 N–H and O–H groups in total. The lowest BCUT2D eigenvalue weighted by Gasteiger charge is -2.33. The average Bonchev–Trinajstić information content (AvgIpc) is 2.76. The quantitative estimate of drug-likeness (QED) is 0.858. The van der Waals surface area contributed by atoms with Gasteiger partial charge in [0.1, 0.15) is 6.54 Å².